The topological polar surface area (TPSA) is 84.1 Å². The van der Waals surface area contributed by atoms with Crippen LogP contribution in [0.4, 0.5) is 5.82 Å². The molecule has 2 N–H and O–H groups in total. The molecule has 4 rings (SSSR count). The summed E-state index contributed by atoms with van der Waals surface area (Å²) >= 11 is 0. The van der Waals surface area contributed by atoms with Crippen LogP contribution in [0.25, 0.3) is 22.2 Å². The normalized spacial score (nSPS) is 14.3. The predicted octanol–water partition coefficient (Wildman–Crippen LogP) is 3.64. The highest BCUT2D eigenvalue weighted by molar-refractivity contribution is 6.06. The van der Waals surface area contributed by atoms with Gasteiger partial charge >= 0.3 is 0 Å². The molecule has 0 fully saturated rings. The molecule has 0 saturated heterocycles. The predicted molar refractivity (Wildman–Crippen MR) is 102 cm³/mol. The van der Waals surface area contributed by atoms with E-state index < -0.39 is 0 Å². The first-order chi connectivity index (χ1) is 12.7. The molecule has 0 unspecified atom stereocenters. The first-order valence-electron chi connectivity index (χ1n) is 9.61. The molecule has 0 aliphatic heterocycles. The Kier molecular flexibility index (Phi) is 4.76. The third kappa shape index (κ3) is 3.03. The molecule has 0 aromatic carbocycles. The van der Waals surface area contributed by atoms with Gasteiger partial charge < -0.3 is 14.8 Å². The number of aliphatic hydroxyl groups excluding tert-OH is 1. The molecule has 0 spiro atoms. The molecule has 6 nitrogen and oxygen atoms in total. The lowest BCUT2D eigenvalue weighted by molar-refractivity contribution is 0.292. The summed E-state index contributed by atoms with van der Waals surface area (Å²) in [5.41, 5.74) is 6.17. The quantitative estimate of drug-likeness (QED) is 0.658. The molecular formula is C20H26N4O2. The Morgan fingerprint density at radius 1 is 1.19 bits per heavy atom. The molecule has 0 atom stereocenters. The summed E-state index contributed by atoms with van der Waals surface area (Å²) in [5.74, 6) is 1.24. The summed E-state index contributed by atoms with van der Waals surface area (Å²) in [6, 6.07) is 0. The number of rotatable bonds is 6. The number of nitrogens with one attached hydrogen (secondary N) is 1. The average Bonchev–Trinajstić information content (AvgIpc) is 3.01. The molecule has 6 heteroatoms. The first kappa shape index (κ1) is 17.2. The van der Waals surface area contributed by atoms with Gasteiger partial charge in [-0.2, -0.15) is 0 Å². The smallest absolute Gasteiger partial charge is 0.229 e. The number of aliphatic hydroxyl groups is 1. The second kappa shape index (κ2) is 7.19. The standard InChI is InChI=1S/C20H26N4O2/c1-12(2)10-15-13-6-3-4-7-14(13)16-17-18(26-20(16)24-15)19(23-11-22-17)21-8-5-9-25/h11-12,25H,3-10H2,1-2H3,(H,21,22,23). The van der Waals surface area contributed by atoms with Crippen molar-refractivity contribution in [3.63, 3.8) is 0 Å². The van der Waals surface area contributed by atoms with Crippen molar-refractivity contribution in [2.75, 3.05) is 18.5 Å². The van der Waals surface area contributed by atoms with Crippen LogP contribution >= 0.6 is 0 Å². The molecule has 0 saturated carbocycles. The molecule has 138 valence electrons. The number of hydrogen-bond donors (Lipinski definition) is 2. The molecular weight excluding hydrogens is 328 g/mol. The summed E-state index contributed by atoms with van der Waals surface area (Å²) < 4.78 is 6.14. The summed E-state index contributed by atoms with van der Waals surface area (Å²) in [7, 11) is 0. The summed E-state index contributed by atoms with van der Waals surface area (Å²) in [5, 5.41) is 13.3. The van der Waals surface area contributed by atoms with E-state index in [0.29, 0.717) is 36.0 Å². The van der Waals surface area contributed by atoms with Crippen molar-refractivity contribution in [3.8, 4) is 0 Å². The third-order valence-electron chi connectivity index (χ3n) is 5.04. The molecule has 0 amide bonds. The Hall–Kier alpha value is -2.21. The van der Waals surface area contributed by atoms with Crippen LogP contribution < -0.4 is 5.32 Å². The lowest BCUT2D eigenvalue weighted by Gasteiger charge is -2.20. The molecule has 3 aromatic rings. The van der Waals surface area contributed by atoms with Crippen LogP contribution in [-0.4, -0.2) is 33.2 Å². The average molecular weight is 354 g/mol. The molecule has 3 heterocycles. The highest BCUT2D eigenvalue weighted by Crippen LogP contribution is 2.37. The van der Waals surface area contributed by atoms with Gasteiger partial charge in [0.15, 0.2) is 11.4 Å². The number of hydrogen-bond acceptors (Lipinski definition) is 6. The Morgan fingerprint density at radius 3 is 2.77 bits per heavy atom. The minimum absolute atomic E-state index is 0.148. The Bertz CT molecular complexity index is 933. The van der Waals surface area contributed by atoms with Gasteiger partial charge in [0.1, 0.15) is 11.8 Å². The third-order valence-corrected chi connectivity index (χ3v) is 5.04. The van der Waals surface area contributed by atoms with Crippen LogP contribution in [0.1, 0.15) is 49.9 Å². The fraction of sp³-hybridized carbons (Fsp3) is 0.550. The summed E-state index contributed by atoms with van der Waals surface area (Å²) in [6.45, 7) is 5.25. The van der Waals surface area contributed by atoms with Gasteiger partial charge in [0.2, 0.25) is 5.71 Å². The largest absolute Gasteiger partial charge is 0.432 e. The molecule has 1 aliphatic rings. The van der Waals surface area contributed by atoms with Crippen molar-refractivity contribution in [2.45, 2.75) is 52.4 Å². The Balaban J connectivity index is 1.90. The van der Waals surface area contributed by atoms with Crippen LogP contribution in [0, 0.1) is 5.92 Å². The number of fused-ring (bicyclic) bond motifs is 5. The fourth-order valence-corrected chi connectivity index (χ4v) is 3.91. The zero-order valence-corrected chi connectivity index (χ0v) is 15.5. The number of nitrogens with zero attached hydrogens (tertiary/aromatic N) is 3. The maximum absolute atomic E-state index is 9.00. The monoisotopic (exact) mass is 354 g/mol. The SMILES string of the molecule is CC(C)Cc1nc2oc3c(NCCCO)ncnc3c2c2c1CCCC2. The van der Waals surface area contributed by atoms with Crippen molar-refractivity contribution in [1.29, 1.82) is 0 Å². The van der Waals surface area contributed by atoms with E-state index in [4.69, 9.17) is 14.5 Å². The second-order valence-electron chi connectivity index (χ2n) is 7.51. The number of pyridine rings is 1. The fourth-order valence-electron chi connectivity index (χ4n) is 3.91. The number of anilines is 1. The molecule has 26 heavy (non-hydrogen) atoms. The number of furan rings is 1. The highest BCUT2D eigenvalue weighted by atomic mass is 16.3. The van der Waals surface area contributed by atoms with Crippen molar-refractivity contribution in [2.24, 2.45) is 5.92 Å². The van der Waals surface area contributed by atoms with Crippen LogP contribution in [-0.2, 0) is 19.3 Å². The Morgan fingerprint density at radius 2 is 2.00 bits per heavy atom. The van der Waals surface area contributed by atoms with E-state index in [1.54, 1.807) is 6.33 Å². The van der Waals surface area contributed by atoms with E-state index in [1.165, 1.54) is 29.7 Å². The molecule has 1 aliphatic carbocycles. The van der Waals surface area contributed by atoms with E-state index in [2.05, 4.69) is 29.1 Å². The van der Waals surface area contributed by atoms with Gasteiger partial charge in [-0.25, -0.2) is 15.0 Å². The van der Waals surface area contributed by atoms with Crippen LogP contribution in [0.15, 0.2) is 10.7 Å². The Labute approximate surface area is 153 Å². The van der Waals surface area contributed by atoms with E-state index in [0.717, 1.165) is 30.2 Å². The van der Waals surface area contributed by atoms with E-state index in [9.17, 15) is 0 Å². The van der Waals surface area contributed by atoms with Gasteiger partial charge in [0.25, 0.3) is 0 Å². The first-order valence-corrected chi connectivity index (χ1v) is 9.61. The van der Waals surface area contributed by atoms with Crippen molar-refractivity contribution in [3.05, 3.63) is 23.1 Å². The van der Waals surface area contributed by atoms with Crippen LogP contribution in [0.3, 0.4) is 0 Å². The zero-order chi connectivity index (χ0) is 18.1. The van der Waals surface area contributed by atoms with E-state index >= 15 is 0 Å². The van der Waals surface area contributed by atoms with Gasteiger partial charge in [-0.1, -0.05) is 13.8 Å². The van der Waals surface area contributed by atoms with Gasteiger partial charge in [-0.3, -0.25) is 0 Å². The van der Waals surface area contributed by atoms with E-state index in [1.807, 2.05) is 0 Å². The minimum atomic E-state index is 0.148. The summed E-state index contributed by atoms with van der Waals surface area (Å²) in [4.78, 5) is 13.8. The van der Waals surface area contributed by atoms with Crippen LogP contribution in [0.5, 0.6) is 0 Å². The van der Waals surface area contributed by atoms with Crippen LogP contribution in [0.2, 0.25) is 0 Å². The van der Waals surface area contributed by atoms with Gasteiger partial charge in [-0.15, -0.1) is 0 Å². The maximum atomic E-state index is 9.00. The zero-order valence-electron chi connectivity index (χ0n) is 15.5. The maximum Gasteiger partial charge on any atom is 0.229 e. The van der Waals surface area contributed by atoms with Crippen molar-refractivity contribution >= 4 is 28.0 Å². The number of aryl methyl sites for hydroxylation is 1. The van der Waals surface area contributed by atoms with Gasteiger partial charge in [0, 0.05) is 18.8 Å². The molecule has 0 radical (unpaired) electrons. The number of aromatic nitrogens is 3. The molecule has 0 bridgehead atoms. The van der Waals surface area contributed by atoms with Gasteiger partial charge in [0.05, 0.1) is 5.39 Å². The molecule has 3 aromatic heterocycles. The minimum Gasteiger partial charge on any atom is -0.432 e. The second-order valence-corrected chi connectivity index (χ2v) is 7.51. The van der Waals surface area contributed by atoms with Crippen molar-refractivity contribution < 1.29 is 9.52 Å². The summed E-state index contributed by atoms with van der Waals surface area (Å²) in [6.07, 6.45) is 7.80. The van der Waals surface area contributed by atoms with Crippen molar-refractivity contribution in [1.82, 2.24) is 15.0 Å². The lowest BCUT2D eigenvalue weighted by atomic mass is 9.87. The van der Waals surface area contributed by atoms with Gasteiger partial charge in [-0.05, 0) is 55.6 Å². The van der Waals surface area contributed by atoms with E-state index in [-0.39, 0.29) is 6.61 Å². The highest BCUT2D eigenvalue weighted by Gasteiger charge is 2.24. The lowest BCUT2D eigenvalue weighted by Crippen LogP contribution is -2.11.